The lowest BCUT2D eigenvalue weighted by atomic mass is 10.0. The Morgan fingerprint density at radius 3 is 2.76 bits per heavy atom. The van der Waals surface area contributed by atoms with E-state index in [2.05, 4.69) is 10.0 Å². The third-order valence-corrected chi connectivity index (χ3v) is 3.14. The Morgan fingerprint density at radius 2 is 2.10 bits per heavy atom. The van der Waals surface area contributed by atoms with Gasteiger partial charge in [0.2, 0.25) is 0 Å². The van der Waals surface area contributed by atoms with Crippen molar-refractivity contribution in [1.82, 2.24) is 4.57 Å². The summed E-state index contributed by atoms with van der Waals surface area (Å²) in [6, 6.07) is 6.97. The molecule has 3 N–H and O–H groups in total. The van der Waals surface area contributed by atoms with Gasteiger partial charge in [-0.05, 0) is 11.6 Å². The van der Waals surface area contributed by atoms with Gasteiger partial charge in [0.1, 0.15) is 12.6 Å². The van der Waals surface area contributed by atoms with Crippen LogP contribution in [0.25, 0.3) is 21.3 Å². The summed E-state index contributed by atoms with van der Waals surface area (Å²) >= 11 is 0. The molecule has 0 radical (unpaired) electrons. The van der Waals surface area contributed by atoms with Gasteiger partial charge in [-0.2, -0.15) is 0 Å². The highest BCUT2D eigenvalue weighted by Crippen LogP contribution is 2.28. The van der Waals surface area contributed by atoms with E-state index >= 15 is 0 Å². The number of nitrogens with zero attached hydrogens (tertiary/aromatic N) is 4. The van der Waals surface area contributed by atoms with Crippen LogP contribution in [0.15, 0.2) is 35.6 Å². The number of para-hydroxylation sites is 1. The zero-order valence-corrected chi connectivity index (χ0v) is 11.0. The van der Waals surface area contributed by atoms with Crippen LogP contribution in [0.3, 0.4) is 0 Å². The summed E-state index contributed by atoms with van der Waals surface area (Å²) in [5, 5.41) is 32.8. The molecule has 2 aromatic rings. The lowest BCUT2D eigenvalue weighted by molar-refractivity contribution is -0.137. The largest absolute Gasteiger partial charge is 0.480 e. The Labute approximate surface area is 119 Å². The molecule has 110 valence electrons. The van der Waals surface area contributed by atoms with Crippen LogP contribution in [0.5, 0.6) is 0 Å². The van der Waals surface area contributed by atoms with Crippen molar-refractivity contribution < 1.29 is 20.1 Å². The molecule has 1 heterocycles. The van der Waals surface area contributed by atoms with E-state index in [0.717, 1.165) is 0 Å². The van der Waals surface area contributed by atoms with E-state index in [1.54, 1.807) is 24.3 Å². The molecule has 21 heavy (non-hydrogen) atoms. The van der Waals surface area contributed by atoms with Gasteiger partial charge in [-0.15, -0.1) is 0 Å². The van der Waals surface area contributed by atoms with Gasteiger partial charge in [0.05, 0.1) is 12.6 Å². The molecule has 0 aliphatic rings. The molecular weight excluding hydrogens is 276 g/mol. The van der Waals surface area contributed by atoms with Crippen molar-refractivity contribution in [2.45, 2.75) is 18.8 Å². The monoisotopic (exact) mass is 290 g/mol. The Hall–Kier alpha value is -2.54. The van der Waals surface area contributed by atoms with Crippen molar-refractivity contribution in [3.63, 3.8) is 0 Å². The first kappa shape index (κ1) is 14.9. The third-order valence-electron chi connectivity index (χ3n) is 3.14. The topological polar surface area (TPSA) is 131 Å². The molecule has 0 bridgehead atoms. The van der Waals surface area contributed by atoms with Crippen LogP contribution >= 0.6 is 0 Å². The molecule has 0 saturated carbocycles. The fourth-order valence-electron chi connectivity index (χ4n) is 2.21. The van der Waals surface area contributed by atoms with Crippen molar-refractivity contribution >= 4 is 16.9 Å². The van der Waals surface area contributed by atoms with Gasteiger partial charge >= 0.3 is 5.97 Å². The Balaban J connectivity index is 2.43. The van der Waals surface area contributed by atoms with Crippen molar-refractivity contribution in [2.75, 3.05) is 6.54 Å². The summed E-state index contributed by atoms with van der Waals surface area (Å²) in [6.07, 6.45) is -1.04. The second kappa shape index (κ2) is 6.27. The van der Waals surface area contributed by atoms with Crippen LogP contribution < -0.4 is 0 Å². The summed E-state index contributed by atoms with van der Waals surface area (Å²) in [7, 11) is 0. The molecule has 1 aromatic carbocycles. The number of azide groups is 1. The zero-order chi connectivity index (χ0) is 15.4. The van der Waals surface area contributed by atoms with Gasteiger partial charge in [0, 0.05) is 27.6 Å². The molecule has 2 rings (SSSR count). The minimum absolute atomic E-state index is 0.250. The minimum Gasteiger partial charge on any atom is -0.480 e. The number of rotatable bonds is 6. The first-order chi connectivity index (χ1) is 10.0. The number of aliphatic hydroxyl groups excluding tert-OH is 2. The average Bonchev–Trinajstić information content (AvgIpc) is 2.82. The summed E-state index contributed by atoms with van der Waals surface area (Å²) < 4.78 is 1.48. The number of aromatic nitrogens is 1. The van der Waals surface area contributed by atoms with Crippen LogP contribution in [0.2, 0.25) is 0 Å². The second-order valence-corrected chi connectivity index (χ2v) is 4.55. The molecule has 2 atom stereocenters. The molecule has 1 aromatic heterocycles. The minimum atomic E-state index is -1.27. The van der Waals surface area contributed by atoms with E-state index in [-0.39, 0.29) is 13.1 Å². The standard InChI is InChI=1S/C13H14N4O4/c14-16-15-5-11(18)13(21)9-6-17(7-12(19)20)10-4-2-1-3-8(9)10/h1-4,6,11,13,18,21H,5,7H2,(H,19,20). The summed E-state index contributed by atoms with van der Waals surface area (Å²) in [5.74, 6) is -1.01. The van der Waals surface area contributed by atoms with Crippen LogP contribution in [0, 0.1) is 0 Å². The molecular formula is C13H14N4O4. The number of carboxylic acids is 1. The molecule has 2 unspecified atom stereocenters. The number of carboxylic acid groups (broad SMARTS) is 1. The van der Waals surface area contributed by atoms with E-state index < -0.39 is 18.2 Å². The molecule has 0 aliphatic heterocycles. The highest BCUT2D eigenvalue weighted by Gasteiger charge is 2.22. The Kier molecular flexibility index (Phi) is 4.44. The Morgan fingerprint density at radius 1 is 1.38 bits per heavy atom. The van der Waals surface area contributed by atoms with Crippen molar-refractivity contribution in [3.8, 4) is 0 Å². The highest BCUT2D eigenvalue weighted by molar-refractivity contribution is 5.85. The third kappa shape index (κ3) is 3.14. The molecule has 0 spiro atoms. The SMILES string of the molecule is [N-]=[N+]=NCC(O)C(O)c1cn(CC(=O)O)c2ccccc12. The maximum Gasteiger partial charge on any atom is 0.323 e. The van der Waals surface area contributed by atoms with E-state index in [4.69, 9.17) is 10.6 Å². The lowest BCUT2D eigenvalue weighted by Crippen LogP contribution is -2.21. The van der Waals surface area contributed by atoms with Gasteiger partial charge in [0.25, 0.3) is 0 Å². The predicted octanol–water partition coefficient (Wildman–Crippen LogP) is 1.43. The molecule has 8 heteroatoms. The second-order valence-electron chi connectivity index (χ2n) is 4.55. The summed E-state index contributed by atoms with van der Waals surface area (Å²) in [6.45, 7) is -0.518. The van der Waals surface area contributed by atoms with E-state index in [1.165, 1.54) is 10.8 Å². The van der Waals surface area contributed by atoms with Crippen LogP contribution in [0.4, 0.5) is 0 Å². The number of hydrogen-bond donors (Lipinski definition) is 3. The molecule has 0 fully saturated rings. The highest BCUT2D eigenvalue weighted by atomic mass is 16.4. The van der Waals surface area contributed by atoms with Crippen molar-refractivity contribution in [1.29, 1.82) is 0 Å². The molecule has 8 nitrogen and oxygen atoms in total. The number of aliphatic carboxylic acids is 1. The number of hydrogen-bond acceptors (Lipinski definition) is 4. The number of benzene rings is 1. The zero-order valence-electron chi connectivity index (χ0n) is 11.0. The van der Waals surface area contributed by atoms with Crippen molar-refractivity contribution in [3.05, 3.63) is 46.5 Å². The fourth-order valence-corrected chi connectivity index (χ4v) is 2.21. The van der Waals surface area contributed by atoms with Crippen LogP contribution in [-0.2, 0) is 11.3 Å². The first-order valence-corrected chi connectivity index (χ1v) is 6.21. The number of aliphatic hydroxyl groups is 2. The fraction of sp³-hybridized carbons (Fsp3) is 0.308. The average molecular weight is 290 g/mol. The van der Waals surface area contributed by atoms with Crippen LogP contribution in [-0.4, -0.2) is 38.5 Å². The smallest absolute Gasteiger partial charge is 0.323 e. The summed E-state index contributed by atoms with van der Waals surface area (Å²) in [4.78, 5) is 13.4. The quantitative estimate of drug-likeness (QED) is 0.421. The number of carbonyl (C=O) groups is 1. The van der Waals surface area contributed by atoms with Gasteiger partial charge < -0.3 is 19.9 Å². The van der Waals surface area contributed by atoms with Gasteiger partial charge in [-0.3, -0.25) is 4.79 Å². The van der Waals surface area contributed by atoms with Crippen molar-refractivity contribution in [2.24, 2.45) is 5.11 Å². The first-order valence-electron chi connectivity index (χ1n) is 6.21. The van der Waals surface area contributed by atoms with Gasteiger partial charge in [-0.1, -0.05) is 23.3 Å². The molecule has 0 amide bonds. The normalized spacial score (nSPS) is 13.6. The number of fused-ring (bicyclic) bond motifs is 1. The Bertz CT molecular complexity index is 705. The van der Waals surface area contributed by atoms with Gasteiger partial charge in [-0.25, -0.2) is 0 Å². The lowest BCUT2D eigenvalue weighted by Gasteiger charge is -2.15. The predicted molar refractivity (Wildman–Crippen MR) is 74.6 cm³/mol. The summed E-state index contributed by atoms with van der Waals surface area (Å²) in [5.41, 5.74) is 9.28. The maximum atomic E-state index is 10.9. The van der Waals surface area contributed by atoms with E-state index in [1.807, 2.05) is 0 Å². The van der Waals surface area contributed by atoms with E-state index in [9.17, 15) is 15.0 Å². The molecule has 0 saturated heterocycles. The molecule has 0 aliphatic carbocycles. The van der Waals surface area contributed by atoms with Gasteiger partial charge in [0.15, 0.2) is 0 Å². The maximum absolute atomic E-state index is 10.9. The van der Waals surface area contributed by atoms with Crippen LogP contribution in [0.1, 0.15) is 11.7 Å². The van der Waals surface area contributed by atoms with E-state index in [0.29, 0.717) is 16.5 Å².